The van der Waals surface area contributed by atoms with Crippen LogP contribution in [0.1, 0.15) is 132 Å². The Morgan fingerprint density at radius 3 is 0.926 bits per heavy atom. The first-order chi connectivity index (χ1) is 24.9. The first-order valence-corrected chi connectivity index (χ1v) is 25.8. The van der Waals surface area contributed by atoms with Gasteiger partial charge >= 0.3 is 341 Å². The summed E-state index contributed by atoms with van der Waals surface area (Å²) < 4.78 is 4.92. The Morgan fingerprint density at radius 2 is 0.630 bits per heavy atom. The first kappa shape index (κ1) is 37.8. The molecule has 5 aromatic carbocycles. The summed E-state index contributed by atoms with van der Waals surface area (Å²) in [7, 11) is 0. The summed E-state index contributed by atoms with van der Waals surface area (Å²) >= 11 is -0.883. The Bertz CT molecular complexity index is 2160. The van der Waals surface area contributed by atoms with Crippen molar-refractivity contribution in [1.82, 2.24) is 0 Å². The quantitative estimate of drug-likeness (QED) is 0.160. The van der Waals surface area contributed by atoms with Crippen LogP contribution < -0.4 is 19.6 Å². The number of hydrogen-bond donors (Lipinski definition) is 0. The average molecular weight is 929 g/mol. The maximum absolute atomic E-state index is 2.92. The molecule has 0 spiro atoms. The molecule has 4 heteroatoms. The van der Waals surface area contributed by atoms with Crippen LogP contribution in [-0.4, -0.2) is 21.8 Å². The molecule has 0 atom stereocenters. The van der Waals surface area contributed by atoms with Gasteiger partial charge in [0.2, 0.25) is 0 Å². The van der Waals surface area contributed by atoms with Crippen molar-refractivity contribution >= 4 is 77.5 Å². The van der Waals surface area contributed by atoms with Gasteiger partial charge in [-0.15, -0.1) is 0 Å². The van der Waals surface area contributed by atoms with Crippen LogP contribution in [0.25, 0.3) is 0 Å². The van der Waals surface area contributed by atoms with Crippen LogP contribution in [0.2, 0.25) is 0 Å². The van der Waals surface area contributed by atoms with Gasteiger partial charge in [-0.1, -0.05) is 0 Å². The molecule has 0 saturated heterocycles. The van der Waals surface area contributed by atoms with E-state index in [9.17, 15) is 0 Å². The molecular formula is C50H59BiN2S. The van der Waals surface area contributed by atoms with Gasteiger partial charge in [0.1, 0.15) is 0 Å². The minimum atomic E-state index is -2.92. The SMILES string of the molecule is CC(C)(C)c1ccc(N2c3cc(C(C)(C)C)cc4[c]3[Bi]3[c]5c(cc(C(C)(C)C)cc5N(c5ccc(C(C)(C)C)cc5)c5cc(C(C)(C)C)cc2[c]53)S4)cc1. The van der Waals surface area contributed by atoms with E-state index in [1.54, 1.807) is 9.81 Å². The van der Waals surface area contributed by atoms with Crippen molar-refractivity contribution in [2.45, 2.75) is 141 Å². The van der Waals surface area contributed by atoms with Gasteiger partial charge in [0.05, 0.1) is 0 Å². The predicted octanol–water partition coefficient (Wildman–Crippen LogP) is 12.7. The fourth-order valence-electron chi connectivity index (χ4n) is 8.10. The summed E-state index contributed by atoms with van der Waals surface area (Å²) in [5, 5.41) is 0. The van der Waals surface area contributed by atoms with Crippen LogP contribution in [0, 0.1) is 0 Å². The monoisotopic (exact) mass is 928 g/mol. The van der Waals surface area contributed by atoms with Gasteiger partial charge in [0.25, 0.3) is 0 Å². The Balaban J connectivity index is 1.52. The number of rotatable bonds is 2. The predicted molar refractivity (Wildman–Crippen MR) is 238 cm³/mol. The van der Waals surface area contributed by atoms with Crippen LogP contribution in [0.4, 0.5) is 34.1 Å². The van der Waals surface area contributed by atoms with Crippen molar-refractivity contribution in [2.24, 2.45) is 0 Å². The van der Waals surface area contributed by atoms with Crippen molar-refractivity contribution in [3.63, 3.8) is 0 Å². The third-order valence-corrected chi connectivity index (χ3v) is 24.6. The number of anilines is 6. The van der Waals surface area contributed by atoms with E-state index in [1.165, 1.54) is 71.7 Å². The Morgan fingerprint density at radius 1 is 0.352 bits per heavy atom. The molecule has 0 N–H and O–H groups in total. The maximum atomic E-state index is 2.67. The normalized spacial score (nSPS) is 15.5. The Labute approximate surface area is 338 Å². The molecule has 280 valence electrons. The van der Waals surface area contributed by atoms with Crippen molar-refractivity contribution in [1.29, 1.82) is 0 Å². The van der Waals surface area contributed by atoms with Gasteiger partial charge in [0, 0.05) is 0 Å². The molecule has 5 aromatic rings. The third-order valence-electron chi connectivity index (χ3n) is 11.6. The minimum absolute atomic E-state index is 0.0165. The molecule has 54 heavy (non-hydrogen) atoms. The van der Waals surface area contributed by atoms with Crippen LogP contribution in [0.15, 0.2) is 94.7 Å². The molecule has 8 rings (SSSR count). The number of hydrogen-bond acceptors (Lipinski definition) is 3. The van der Waals surface area contributed by atoms with E-state index < -0.39 is 21.8 Å². The first-order valence-electron chi connectivity index (χ1n) is 19.8. The fourth-order valence-corrected chi connectivity index (χ4v) is 22.7. The van der Waals surface area contributed by atoms with E-state index in [0.29, 0.717) is 0 Å². The van der Waals surface area contributed by atoms with Crippen LogP contribution in [-0.2, 0) is 27.1 Å². The Hall–Kier alpha value is -3.07. The zero-order valence-electron chi connectivity index (χ0n) is 35.3. The summed E-state index contributed by atoms with van der Waals surface area (Å²) in [6.45, 7) is 35.3. The Kier molecular flexibility index (Phi) is 8.56. The summed E-state index contributed by atoms with van der Waals surface area (Å²) in [6, 6.07) is 34.4. The fraction of sp³-hybridized carbons (Fsp3) is 0.400. The van der Waals surface area contributed by atoms with Crippen molar-refractivity contribution in [3.05, 3.63) is 113 Å². The molecule has 0 radical (unpaired) electrons. The van der Waals surface area contributed by atoms with E-state index in [4.69, 9.17) is 0 Å². The second-order valence-corrected chi connectivity index (χ2v) is 29.9. The van der Waals surface area contributed by atoms with E-state index in [-0.39, 0.29) is 27.1 Å². The number of nitrogens with zero attached hydrogens (tertiary/aromatic N) is 2. The summed E-state index contributed by atoms with van der Waals surface area (Å²) in [4.78, 5) is 8.30. The molecule has 0 unspecified atom stereocenters. The van der Waals surface area contributed by atoms with E-state index >= 15 is 0 Å². The van der Waals surface area contributed by atoms with Crippen LogP contribution in [0.5, 0.6) is 0 Å². The molecule has 3 aliphatic rings. The van der Waals surface area contributed by atoms with E-state index in [0.717, 1.165) is 0 Å². The molecule has 2 nitrogen and oxygen atoms in total. The summed E-state index contributed by atoms with van der Waals surface area (Å²) in [5.41, 5.74) is 15.2. The molecule has 0 bridgehead atoms. The van der Waals surface area contributed by atoms with Crippen molar-refractivity contribution < 1.29 is 0 Å². The molecule has 0 saturated carbocycles. The molecule has 0 amide bonds. The van der Waals surface area contributed by atoms with Crippen molar-refractivity contribution in [2.75, 3.05) is 9.80 Å². The summed E-state index contributed by atoms with van der Waals surface area (Å²) in [6.07, 6.45) is 0. The topological polar surface area (TPSA) is 6.48 Å². The molecule has 3 heterocycles. The molecule has 3 aliphatic heterocycles. The molecule has 0 fully saturated rings. The van der Waals surface area contributed by atoms with E-state index in [1.807, 2.05) is 11.8 Å². The standard InChI is InChI=1S/C50H59N2S.Bi/c1-46(2,3)33-16-20-38(21-17-33)51-40-24-35(48(7,8)9)25-41(30-40)52(39-22-18-34(19-23-39)47(4,5)6)43-27-37(50(13,14)15)29-45(32-43)53-44-28-36(49(10,11)12)26-42(51)31-44;/h16-29H,1-15H3;. The second kappa shape index (κ2) is 12.2. The zero-order valence-corrected chi connectivity index (χ0v) is 39.6. The van der Waals surface area contributed by atoms with Crippen LogP contribution in [0.3, 0.4) is 0 Å². The van der Waals surface area contributed by atoms with Gasteiger partial charge in [-0.2, -0.15) is 0 Å². The zero-order chi connectivity index (χ0) is 39.1. The van der Waals surface area contributed by atoms with Gasteiger partial charge < -0.3 is 0 Å². The van der Waals surface area contributed by atoms with Gasteiger partial charge in [-0.3, -0.25) is 0 Å². The number of benzene rings is 5. The van der Waals surface area contributed by atoms with Gasteiger partial charge in [-0.25, -0.2) is 0 Å². The molecule has 0 aromatic heterocycles. The van der Waals surface area contributed by atoms with Crippen molar-refractivity contribution in [3.8, 4) is 0 Å². The van der Waals surface area contributed by atoms with Crippen LogP contribution >= 0.6 is 11.8 Å². The summed E-state index contributed by atoms with van der Waals surface area (Å²) in [5.74, 6) is 0. The third kappa shape index (κ3) is 6.18. The second-order valence-electron chi connectivity index (χ2n) is 21.0. The average Bonchev–Trinajstić information content (AvgIpc) is 3.06. The van der Waals surface area contributed by atoms with E-state index in [2.05, 4.69) is 199 Å². The molecule has 0 aliphatic carbocycles. The molecular weight excluding hydrogens is 870 g/mol. The van der Waals surface area contributed by atoms with Gasteiger partial charge in [-0.05, 0) is 0 Å². The van der Waals surface area contributed by atoms with Gasteiger partial charge in [0.15, 0.2) is 0 Å².